The topological polar surface area (TPSA) is 34.2 Å². The van der Waals surface area contributed by atoms with Crippen molar-refractivity contribution in [2.24, 2.45) is 0 Å². The third-order valence-corrected chi connectivity index (χ3v) is 4.59. The summed E-state index contributed by atoms with van der Waals surface area (Å²) in [4.78, 5) is 4.81. The molecular formula is C15H26N2OS. The number of aromatic nitrogens is 1. The average Bonchev–Trinajstić information content (AvgIpc) is 2.99. The van der Waals surface area contributed by atoms with E-state index in [1.807, 2.05) is 0 Å². The molecule has 2 heterocycles. The number of thiazole rings is 1. The summed E-state index contributed by atoms with van der Waals surface area (Å²) < 4.78 is 6.05. The first-order chi connectivity index (χ1) is 9.11. The second-order valence-electron chi connectivity index (χ2n) is 5.76. The first kappa shape index (κ1) is 14.9. The quantitative estimate of drug-likeness (QED) is 0.860. The van der Waals surface area contributed by atoms with Gasteiger partial charge in [-0.2, -0.15) is 0 Å². The third-order valence-electron chi connectivity index (χ3n) is 3.65. The monoisotopic (exact) mass is 282 g/mol. The highest BCUT2D eigenvalue weighted by atomic mass is 32.1. The molecule has 1 saturated heterocycles. The molecule has 3 unspecified atom stereocenters. The Morgan fingerprint density at radius 2 is 2.26 bits per heavy atom. The average molecular weight is 282 g/mol. The Morgan fingerprint density at radius 1 is 1.47 bits per heavy atom. The summed E-state index contributed by atoms with van der Waals surface area (Å²) in [7, 11) is 0. The Labute approximate surface area is 120 Å². The van der Waals surface area contributed by atoms with Gasteiger partial charge in [0.05, 0.1) is 23.9 Å². The highest BCUT2D eigenvalue weighted by molar-refractivity contribution is 7.09. The van der Waals surface area contributed by atoms with Gasteiger partial charge >= 0.3 is 0 Å². The van der Waals surface area contributed by atoms with Crippen LogP contribution < -0.4 is 5.32 Å². The lowest BCUT2D eigenvalue weighted by atomic mass is 10.1. The Hall–Kier alpha value is -0.450. The van der Waals surface area contributed by atoms with E-state index in [2.05, 4.69) is 38.4 Å². The van der Waals surface area contributed by atoms with Crippen LogP contribution in [-0.4, -0.2) is 23.7 Å². The molecule has 108 valence electrons. The fourth-order valence-corrected chi connectivity index (χ4v) is 3.57. The normalized spacial score (nSPS) is 25.1. The Morgan fingerprint density at radius 3 is 2.79 bits per heavy atom. The van der Waals surface area contributed by atoms with Gasteiger partial charge in [-0.25, -0.2) is 4.98 Å². The Kier molecular flexibility index (Phi) is 5.37. The van der Waals surface area contributed by atoms with Crippen LogP contribution in [-0.2, 0) is 4.74 Å². The summed E-state index contributed by atoms with van der Waals surface area (Å²) in [6.45, 7) is 9.78. The minimum Gasteiger partial charge on any atom is -0.373 e. The van der Waals surface area contributed by atoms with E-state index in [0.29, 0.717) is 12.0 Å². The molecule has 3 atom stereocenters. The summed E-state index contributed by atoms with van der Waals surface area (Å²) in [5, 5.41) is 7.01. The highest BCUT2D eigenvalue weighted by Gasteiger charge is 2.32. The Bertz CT molecular complexity index is 391. The van der Waals surface area contributed by atoms with Gasteiger partial charge in [-0.3, -0.25) is 0 Å². The predicted molar refractivity (Wildman–Crippen MR) is 80.8 cm³/mol. The molecule has 3 nitrogen and oxygen atoms in total. The molecule has 1 fully saturated rings. The minimum absolute atomic E-state index is 0.266. The zero-order chi connectivity index (χ0) is 13.8. The summed E-state index contributed by atoms with van der Waals surface area (Å²) in [6.07, 6.45) is 4.12. The van der Waals surface area contributed by atoms with Gasteiger partial charge in [0.1, 0.15) is 5.01 Å². The first-order valence-electron chi connectivity index (χ1n) is 7.46. The molecule has 1 aromatic heterocycles. The lowest BCUT2D eigenvalue weighted by Crippen LogP contribution is -2.32. The van der Waals surface area contributed by atoms with Crippen molar-refractivity contribution in [3.8, 4) is 0 Å². The van der Waals surface area contributed by atoms with Crippen molar-refractivity contribution in [3.05, 3.63) is 16.1 Å². The smallest absolute Gasteiger partial charge is 0.113 e. The van der Waals surface area contributed by atoms with E-state index in [0.717, 1.165) is 25.8 Å². The van der Waals surface area contributed by atoms with E-state index in [1.54, 1.807) is 11.3 Å². The van der Waals surface area contributed by atoms with Gasteiger partial charge in [-0.05, 0) is 38.6 Å². The number of hydrogen-bond donors (Lipinski definition) is 1. The van der Waals surface area contributed by atoms with Crippen LogP contribution in [0.15, 0.2) is 5.38 Å². The van der Waals surface area contributed by atoms with E-state index < -0.39 is 0 Å². The number of hydrogen-bond acceptors (Lipinski definition) is 4. The molecule has 2 rings (SSSR count). The maximum Gasteiger partial charge on any atom is 0.113 e. The van der Waals surface area contributed by atoms with Crippen molar-refractivity contribution < 1.29 is 4.74 Å². The summed E-state index contributed by atoms with van der Waals surface area (Å²) >= 11 is 1.77. The predicted octanol–water partition coefficient (Wildman–Crippen LogP) is 3.87. The molecule has 0 radical (unpaired) electrons. The molecule has 1 aliphatic heterocycles. The molecule has 0 amide bonds. The van der Waals surface area contributed by atoms with Crippen LogP contribution in [0.1, 0.15) is 69.6 Å². The number of nitrogens with one attached hydrogen (secondary N) is 1. The van der Waals surface area contributed by atoms with E-state index in [9.17, 15) is 0 Å². The van der Waals surface area contributed by atoms with Crippen molar-refractivity contribution in [1.82, 2.24) is 10.3 Å². The highest BCUT2D eigenvalue weighted by Crippen LogP contribution is 2.32. The summed E-state index contributed by atoms with van der Waals surface area (Å²) in [5.41, 5.74) is 1.20. The molecule has 1 aromatic rings. The molecule has 1 aliphatic rings. The van der Waals surface area contributed by atoms with Gasteiger partial charge in [0.2, 0.25) is 0 Å². The zero-order valence-electron chi connectivity index (χ0n) is 12.5. The lowest BCUT2D eigenvalue weighted by molar-refractivity contribution is 0.0315. The van der Waals surface area contributed by atoms with Crippen LogP contribution in [0.3, 0.4) is 0 Å². The zero-order valence-corrected chi connectivity index (χ0v) is 13.3. The van der Waals surface area contributed by atoms with Gasteiger partial charge in [0, 0.05) is 5.38 Å². The number of ether oxygens (including phenoxy) is 1. The molecule has 0 spiro atoms. The molecular weight excluding hydrogens is 256 g/mol. The van der Waals surface area contributed by atoms with E-state index in [1.165, 1.54) is 10.7 Å². The number of rotatable bonds is 6. The Balaban J connectivity index is 2.11. The fraction of sp³-hybridized carbons (Fsp3) is 0.800. The second-order valence-corrected chi connectivity index (χ2v) is 6.65. The van der Waals surface area contributed by atoms with Crippen LogP contribution in [0, 0.1) is 0 Å². The van der Waals surface area contributed by atoms with Crippen molar-refractivity contribution in [2.75, 3.05) is 6.54 Å². The third kappa shape index (κ3) is 3.77. The van der Waals surface area contributed by atoms with Crippen LogP contribution in [0.5, 0.6) is 0 Å². The first-order valence-corrected chi connectivity index (χ1v) is 8.34. The van der Waals surface area contributed by atoms with Crippen molar-refractivity contribution in [1.29, 1.82) is 0 Å². The van der Waals surface area contributed by atoms with Crippen molar-refractivity contribution >= 4 is 11.3 Å². The lowest BCUT2D eigenvalue weighted by Gasteiger charge is -2.23. The SMILES string of the molecule is CCCNC(c1nc(C(C)C)cs1)C1CCC(C)O1. The van der Waals surface area contributed by atoms with Crippen molar-refractivity contribution in [3.63, 3.8) is 0 Å². The second kappa shape index (κ2) is 6.82. The van der Waals surface area contributed by atoms with Gasteiger partial charge in [0.25, 0.3) is 0 Å². The molecule has 0 aromatic carbocycles. The largest absolute Gasteiger partial charge is 0.373 e. The van der Waals surface area contributed by atoms with Crippen LogP contribution in [0.25, 0.3) is 0 Å². The maximum atomic E-state index is 6.05. The maximum absolute atomic E-state index is 6.05. The minimum atomic E-state index is 0.266. The van der Waals surface area contributed by atoms with E-state index >= 15 is 0 Å². The van der Waals surface area contributed by atoms with E-state index in [4.69, 9.17) is 9.72 Å². The van der Waals surface area contributed by atoms with Gasteiger partial charge in [0.15, 0.2) is 0 Å². The summed E-state index contributed by atoms with van der Waals surface area (Å²) in [5.74, 6) is 0.500. The van der Waals surface area contributed by atoms with Gasteiger partial charge < -0.3 is 10.1 Å². The number of nitrogens with zero attached hydrogens (tertiary/aromatic N) is 1. The molecule has 4 heteroatoms. The van der Waals surface area contributed by atoms with E-state index in [-0.39, 0.29) is 12.1 Å². The molecule has 1 N–H and O–H groups in total. The fourth-order valence-electron chi connectivity index (χ4n) is 2.47. The van der Waals surface area contributed by atoms with Crippen LogP contribution in [0.4, 0.5) is 0 Å². The standard InChI is InChI=1S/C15H26N2OS/c1-5-8-16-14(13-7-6-11(4)18-13)15-17-12(9-19-15)10(2)3/h9-11,13-14,16H,5-8H2,1-4H3. The van der Waals surface area contributed by atoms with Gasteiger partial charge in [-0.15, -0.1) is 11.3 Å². The van der Waals surface area contributed by atoms with Crippen LogP contribution >= 0.6 is 11.3 Å². The van der Waals surface area contributed by atoms with Gasteiger partial charge in [-0.1, -0.05) is 20.8 Å². The molecule has 19 heavy (non-hydrogen) atoms. The summed E-state index contributed by atoms with van der Waals surface area (Å²) in [6, 6.07) is 0.266. The molecule has 0 saturated carbocycles. The van der Waals surface area contributed by atoms with Crippen LogP contribution in [0.2, 0.25) is 0 Å². The molecule has 0 bridgehead atoms. The molecule has 0 aliphatic carbocycles. The van der Waals surface area contributed by atoms with Crippen molar-refractivity contribution in [2.45, 2.75) is 71.1 Å².